The van der Waals surface area contributed by atoms with E-state index < -0.39 is 0 Å². The molecule has 2 nitrogen and oxygen atoms in total. The maximum Gasteiger partial charge on any atom is 0.135 e. The van der Waals surface area contributed by atoms with Crippen LogP contribution in [0.1, 0.15) is 5.56 Å². The smallest absolute Gasteiger partial charge is 0.135 e. The van der Waals surface area contributed by atoms with Crippen molar-refractivity contribution in [1.82, 2.24) is 0 Å². The lowest BCUT2D eigenvalue weighted by Gasteiger charge is -2.11. The molecule has 0 bridgehead atoms. The molecule has 100 valence electrons. The first-order chi connectivity index (χ1) is 9.63. The Morgan fingerprint density at radius 3 is 2.45 bits per heavy atom. The lowest BCUT2D eigenvalue weighted by Crippen LogP contribution is -1.90. The number of nitrogens with two attached hydrogens (primary N) is 1. The fourth-order valence-electron chi connectivity index (χ4n) is 2.29. The van der Waals surface area contributed by atoms with Gasteiger partial charge in [0, 0.05) is 27.5 Å². The highest BCUT2D eigenvalue weighted by Crippen LogP contribution is 2.34. The summed E-state index contributed by atoms with van der Waals surface area (Å²) in [6.45, 7) is 1.99. The van der Waals surface area contributed by atoms with Crippen LogP contribution in [0.4, 0.5) is 5.69 Å². The van der Waals surface area contributed by atoms with E-state index in [1.165, 1.54) is 0 Å². The van der Waals surface area contributed by atoms with E-state index in [0.29, 0.717) is 5.69 Å². The number of hydrogen-bond acceptors (Lipinski definition) is 2. The van der Waals surface area contributed by atoms with Crippen molar-refractivity contribution < 1.29 is 4.74 Å². The van der Waals surface area contributed by atoms with Crippen molar-refractivity contribution in [1.29, 1.82) is 0 Å². The number of benzene rings is 3. The largest absolute Gasteiger partial charge is 0.457 e. The summed E-state index contributed by atoms with van der Waals surface area (Å²) in [6, 6.07) is 17.3. The molecule has 3 heteroatoms. The third-order valence-corrected chi connectivity index (χ3v) is 3.46. The van der Waals surface area contributed by atoms with Crippen LogP contribution in [-0.2, 0) is 0 Å². The van der Waals surface area contributed by atoms with E-state index in [0.717, 1.165) is 32.9 Å². The van der Waals surface area contributed by atoms with E-state index in [1.807, 2.05) is 61.5 Å². The molecule has 0 atom stereocenters. The highest BCUT2D eigenvalue weighted by atomic mass is 35.5. The maximum atomic E-state index is 6.21. The minimum absolute atomic E-state index is 0.693. The lowest BCUT2D eigenvalue weighted by molar-refractivity contribution is 0.488. The van der Waals surface area contributed by atoms with Crippen molar-refractivity contribution in [3.8, 4) is 11.5 Å². The molecule has 3 aromatic rings. The van der Waals surface area contributed by atoms with Gasteiger partial charge in [0.2, 0.25) is 0 Å². The zero-order valence-corrected chi connectivity index (χ0v) is 11.8. The summed E-state index contributed by atoms with van der Waals surface area (Å²) in [5.41, 5.74) is 7.61. The molecule has 0 fully saturated rings. The molecular formula is C17H14ClNO. The highest BCUT2D eigenvalue weighted by molar-refractivity contribution is 6.35. The van der Waals surface area contributed by atoms with E-state index in [-0.39, 0.29) is 0 Å². The minimum atomic E-state index is 0.693. The van der Waals surface area contributed by atoms with Crippen molar-refractivity contribution in [2.24, 2.45) is 0 Å². The van der Waals surface area contributed by atoms with Crippen molar-refractivity contribution in [3.05, 3.63) is 65.2 Å². The Morgan fingerprint density at radius 2 is 1.70 bits per heavy atom. The Kier molecular flexibility index (Phi) is 3.25. The number of rotatable bonds is 2. The van der Waals surface area contributed by atoms with E-state index in [2.05, 4.69) is 0 Å². The molecule has 0 aliphatic rings. The van der Waals surface area contributed by atoms with Crippen LogP contribution in [0.2, 0.25) is 5.02 Å². The molecule has 0 unspecified atom stereocenters. The summed E-state index contributed by atoms with van der Waals surface area (Å²) < 4.78 is 5.97. The fraction of sp³-hybridized carbons (Fsp3) is 0.0588. The monoisotopic (exact) mass is 283 g/mol. The van der Waals surface area contributed by atoms with Gasteiger partial charge >= 0.3 is 0 Å². The van der Waals surface area contributed by atoms with Gasteiger partial charge in [0.1, 0.15) is 11.5 Å². The molecule has 0 aliphatic carbocycles. The molecule has 0 aromatic heterocycles. The standard InChI is InChI=1S/C17H14ClNO/c1-11-8-12(19)10-13(9-11)20-17-7-6-16(18)14-4-2-3-5-15(14)17/h2-10H,19H2,1H3. The summed E-state index contributed by atoms with van der Waals surface area (Å²) in [7, 11) is 0. The zero-order chi connectivity index (χ0) is 14.1. The molecule has 20 heavy (non-hydrogen) atoms. The molecular weight excluding hydrogens is 270 g/mol. The molecule has 0 saturated heterocycles. The van der Waals surface area contributed by atoms with Crippen LogP contribution >= 0.6 is 11.6 Å². The van der Waals surface area contributed by atoms with E-state index >= 15 is 0 Å². The van der Waals surface area contributed by atoms with Crippen LogP contribution in [-0.4, -0.2) is 0 Å². The predicted molar refractivity (Wildman–Crippen MR) is 84.6 cm³/mol. The molecule has 3 rings (SSSR count). The van der Waals surface area contributed by atoms with Crippen molar-refractivity contribution >= 4 is 28.1 Å². The number of fused-ring (bicyclic) bond motifs is 1. The van der Waals surface area contributed by atoms with Gasteiger partial charge in [-0.25, -0.2) is 0 Å². The Hall–Kier alpha value is -2.19. The second kappa shape index (κ2) is 5.06. The summed E-state index contributed by atoms with van der Waals surface area (Å²) in [5, 5.41) is 2.68. The maximum absolute atomic E-state index is 6.21. The van der Waals surface area contributed by atoms with E-state index in [9.17, 15) is 0 Å². The molecule has 0 amide bonds. The average molecular weight is 284 g/mol. The van der Waals surface area contributed by atoms with Gasteiger partial charge in [-0.1, -0.05) is 35.9 Å². The first kappa shape index (κ1) is 12.8. The van der Waals surface area contributed by atoms with Crippen LogP contribution in [0.25, 0.3) is 10.8 Å². The second-order valence-corrected chi connectivity index (χ2v) is 5.18. The van der Waals surface area contributed by atoms with Gasteiger partial charge in [-0.15, -0.1) is 0 Å². The number of anilines is 1. The van der Waals surface area contributed by atoms with Gasteiger partial charge in [-0.3, -0.25) is 0 Å². The fourth-order valence-corrected chi connectivity index (χ4v) is 2.51. The summed E-state index contributed by atoms with van der Waals surface area (Å²) in [6.07, 6.45) is 0. The molecule has 0 radical (unpaired) electrons. The average Bonchev–Trinajstić information content (AvgIpc) is 2.41. The summed E-state index contributed by atoms with van der Waals surface area (Å²) in [4.78, 5) is 0. The molecule has 0 saturated carbocycles. The van der Waals surface area contributed by atoms with Crippen LogP contribution in [0, 0.1) is 6.92 Å². The van der Waals surface area contributed by atoms with Crippen molar-refractivity contribution in [2.75, 3.05) is 5.73 Å². The van der Waals surface area contributed by atoms with Crippen LogP contribution < -0.4 is 10.5 Å². The Morgan fingerprint density at radius 1 is 0.950 bits per heavy atom. The molecule has 0 heterocycles. The molecule has 2 N–H and O–H groups in total. The first-order valence-corrected chi connectivity index (χ1v) is 6.73. The molecule has 0 aliphatic heterocycles. The third-order valence-electron chi connectivity index (χ3n) is 3.13. The molecule has 3 aromatic carbocycles. The predicted octanol–water partition coefficient (Wildman–Crippen LogP) is 5.18. The van der Waals surface area contributed by atoms with Gasteiger partial charge < -0.3 is 10.5 Å². The Labute approximate surface area is 122 Å². The van der Waals surface area contributed by atoms with Gasteiger partial charge in [0.25, 0.3) is 0 Å². The SMILES string of the molecule is Cc1cc(N)cc(Oc2ccc(Cl)c3ccccc23)c1. The van der Waals surface area contributed by atoms with Crippen molar-refractivity contribution in [3.63, 3.8) is 0 Å². The number of hydrogen-bond donors (Lipinski definition) is 1. The van der Waals surface area contributed by atoms with Crippen LogP contribution in [0.5, 0.6) is 11.5 Å². The third kappa shape index (κ3) is 2.43. The summed E-state index contributed by atoms with van der Waals surface area (Å²) >= 11 is 6.21. The van der Waals surface area contributed by atoms with Gasteiger partial charge in [-0.2, -0.15) is 0 Å². The molecule has 0 spiro atoms. The highest BCUT2D eigenvalue weighted by Gasteiger charge is 2.07. The van der Waals surface area contributed by atoms with E-state index in [1.54, 1.807) is 0 Å². The number of ether oxygens (including phenoxy) is 1. The topological polar surface area (TPSA) is 35.2 Å². The van der Waals surface area contributed by atoms with E-state index in [4.69, 9.17) is 22.1 Å². The van der Waals surface area contributed by atoms with Crippen molar-refractivity contribution in [2.45, 2.75) is 6.92 Å². The second-order valence-electron chi connectivity index (χ2n) is 4.77. The minimum Gasteiger partial charge on any atom is -0.457 e. The van der Waals surface area contributed by atoms with Gasteiger partial charge in [0.15, 0.2) is 0 Å². The van der Waals surface area contributed by atoms with Crippen LogP contribution in [0.3, 0.4) is 0 Å². The number of halogens is 1. The number of aryl methyl sites for hydroxylation is 1. The van der Waals surface area contributed by atoms with Gasteiger partial charge in [0.05, 0.1) is 0 Å². The zero-order valence-electron chi connectivity index (χ0n) is 11.1. The van der Waals surface area contributed by atoms with Gasteiger partial charge in [-0.05, 0) is 36.8 Å². The normalized spacial score (nSPS) is 10.7. The van der Waals surface area contributed by atoms with Crippen LogP contribution in [0.15, 0.2) is 54.6 Å². The quantitative estimate of drug-likeness (QED) is 0.658. The summed E-state index contributed by atoms with van der Waals surface area (Å²) in [5.74, 6) is 1.50. The Bertz CT molecular complexity index is 763. The lowest BCUT2D eigenvalue weighted by atomic mass is 10.1. The first-order valence-electron chi connectivity index (χ1n) is 6.36. The Balaban J connectivity index is 2.09. The number of nitrogen functional groups attached to an aromatic ring is 1.